The van der Waals surface area contributed by atoms with Crippen molar-refractivity contribution in [1.29, 1.82) is 0 Å². The number of anilines is 1. The number of thioether (sulfide) groups is 1. The summed E-state index contributed by atoms with van der Waals surface area (Å²) < 4.78 is 11.6. The summed E-state index contributed by atoms with van der Waals surface area (Å²) in [5.74, 6) is -2.72. The Morgan fingerprint density at radius 1 is 1.00 bits per heavy atom. The van der Waals surface area contributed by atoms with Gasteiger partial charge >= 0.3 is 18.0 Å². The van der Waals surface area contributed by atoms with Crippen molar-refractivity contribution >= 4 is 57.9 Å². The molecule has 2 N–H and O–H groups in total. The summed E-state index contributed by atoms with van der Waals surface area (Å²) in [5, 5.41) is 15.3. The summed E-state index contributed by atoms with van der Waals surface area (Å²) in [6, 6.07) is 17.8. The van der Waals surface area contributed by atoms with E-state index in [4.69, 9.17) is 9.47 Å². The van der Waals surface area contributed by atoms with Crippen LogP contribution in [-0.4, -0.2) is 69.5 Å². The normalized spacial score (nSPS) is 21.5. The van der Waals surface area contributed by atoms with Crippen molar-refractivity contribution in [1.82, 2.24) is 10.2 Å². The van der Waals surface area contributed by atoms with E-state index in [-0.39, 0.29) is 18.0 Å². The van der Waals surface area contributed by atoms with Crippen LogP contribution in [0.5, 0.6) is 0 Å². The molecule has 2 fully saturated rings. The number of ether oxygens (including phenoxy) is 2. The monoisotopic (exact) mass is 687 g/mol. The van der Waals surface area contributed by atoms with Crippen LogP contribution in [0.25, 0.3) is 0 Å². The largest absolute Gasteiger partial charge is 0.478 e. The summed E-state index contributed by atoms with van der Waals surface area (Å²) in [4.78, 5) is 68.6. The highest BCUT2D eigenvalue weighted by molar-refractivity contribution is 8.03. The number of hydrogen-bond donors (Lipinski definition) is 2. The van der Waals surface area contributed by atoms with E-state index in [0.29, 0.717) is 22.6 Å². The average Bonchev–Trinajstić information content (AvgIpc) is 3.69. The zero-order valence-electron chi connectivity index (χ0n) is 26.3. The number of β-lactam (4-membered cyclic amide) rings is 1. The summed E-state index contributed by atoms with van der Waals surface area (Å²) in [7, 11) is 0. The predicted octanol–water partition coefficient (Wildman–Crippen LogP) is 5.50. The lowest BCUT2D eigenvalue weighted by Crippen LogP contribution is -2.74. The van der Waals surface area contributed by atoms with Crippen LogP contribution in [0.15, 0.2) is 94.7 Å². The highest BCUT2D eigenvalue weighted by atomic mass is 32.2. The lowest BCUT2D eigenvalue weighted by Gasteiger charge is -2.51. The molecule has 0 radical (unpaired) electrons. The second-order valence-electron chi connectivity index (χ2n) is 12.4. The number of aromatic carboxylic acids is 1. The Kier molecular flexibility index (Phi) is 9.17. The fourth-order valence-corrected chi connectivity index (χ4v) is 7.90. The number of benzene rings is 2. The molecule has 0 unspecified atom stereocenters. The maximum atomic E-state index is 14.3. The molecule has 6 rings (SSSR count). The number of rotatable bonds is 8. The maximum Gasteiger partial charge on any atom is 0.408 e. The van der Waals surface area contributed by atoms with Gasteiger partial charge in [0.15, 0.2) is 12.1 Å². The minimum Gasteiger partial charge on any atom is -0.478 e. The molecular formula is C35H33N3O8S2. The van der Waals surface area contributed by atoms with Crippen LogP contribution in [0.1, 0.15) is 54.8 Å². The average molecular weight is 688 g/mol. The van der Waals surface area contributed by atoms with Crippen LogP contribution >= 0.6 is 23.1 Å². The zero-order valence-corrected chi connectivity index (χ0v) is 28.0. The number of carboxylic acids is 1. The molecule has 0 aliphatic carbocycles. The van der Waals surface area contributed by atoms with Crippen molar-refractivity contribution in [3.8, 4) is 0 Å². The topological polar surface area (TPSA) is 143 Å². The van der Waals surface area contributed by atoms with Gasteiger partial charge in [-0.1, -0.05) is 60.7 Å². The summed E-state index contributed by atoms with van der Waals surface area (Å²) >= 11 is 2.40. The molecule has 0 spiro atoms. The predicted molar refractivity (Wildman–Crippen MR) is 180 cm³/mol. The second-order valence-corrected chi connectivity index (χ2v) is 14.3. The maximum absolute atomic E-state index is 14.3. The molecule has 3 aliphatic heterocycles. The van der Waals surface area contributed by atoms with E-state index in [1.807, 2.05) is 60.7 Å². The number of alkyl carbamates (subject to hydrolysis) is 1. The molecule has 0 saturated carbocycles. The third-order valence-electron chi connectivity index (χ3n) is 7.94. The Labute approximate surface area is 285 Å². The van der Waals surface area contributed by atoms with Gasteiger partial charge in [0.1, 0.15) is 22.0 Å². The number of nitrogens with zero attached hydrogens (tertiary/aromatic N) is 2. The number of nitrogens with one attached hydrogen (secondary N) is 1. The molecule has 248 valence electrons. The first-order valence-corrected chi connectivity index (χ1v) is 17.1. The third kappa shape index (κ3) is 6.60. The highest BCUT2D eigenvalue weighted by Gasteiger charge is 2.56. The van der Waals surface area contributed by atoms with Crippen LogP contribution in [0.3, 0.4) is 0 Å². The van der Waals surface area contributed by atoms with Crippen molar-refractivity contribution in [3.63, 3.8) is 0 Å². The van der Waals surface area contributed by atoms with E-state index in [2.05, 4.69) is 5.32 Å². The van der Waals surface area contributed by atoms with Crippen molar-refractivity contribution in [2.24, 2.45) is 0 Å². The van der Waals surface area contributed by atoms with Crippen molar-refractivity contribution in [2.45, 2.75) is 56.4 Å². The van der Waals surface area contributed by atoms with Gasteiger partial charge in [-0.25, -0.2) is 14.4 Å². The molecule has 3 aromatic rings. The highest BCUT2D eigenvalue weighted by Crippen LogP contribution is 2.43. The van der Waals surface area contributed by atoms with Crippen molar-refractivity contribution < 1.29 is 38.6 Å². The van der Waals surface area contributed by atoms with E-state index in [1.165, 1.54) is 27.6 Å². The fraction of sp³-hybridized carbons (Fsp3) is 0.286. The molecule has 0 bridgehead atoms. The summed E-state index contributed by atoms with van der Waals surface area (Å²) in [6.07, 6.45) is 0.353. The Morgan fingerprint density at radius 2 is 1.65 bits per heavy atom. The summed E-state index contributed by atoms with van der Waals surface area (Å²) in [6.45, 7) is 5.41. The first-order chi connectivity index (χ1) is 22.9. The number of carbonyl (C=O) groups excluding carboxylic acids is 4. The standard InChI is InChI=1S/C35H33N3O8S2/c1-35(2,3)46-34(44)36-25-29(40)38-26(33(43)45-27(20-10-6-4-7-11-20)21-12-8-5-9-13-21)23(19-48-31(25)38)18-22-14-16-37(28(22)39)30-24(32(41)42)15-17-47-30/h4-13,15,17-19,25-27,31H,14,16H2,1-3H3,(H,36,44)(H,41,42)/b22-18+/t25-,26-,31-/m1/s1. The number of amides is 3. The van der Waals surface area contributed by atoms with E-state index in [0.717, 1.165) is 22.5 Å². The number of fused-ring (bicyclic) bond motifs is 1. The Hall–Kier alpha value is -4.88. The number of thiophene rings is 1. The van der Waals surface area contributed by atoms with Gasteiger partial charge in [0.2, 0.25) is 5.91 Å². The van der Waals surface area contributed by atoms with Crippen LogP contribution in [0.2, 0.25) is 0 Å². The van der Waals surface area contributed by atoms with Gasteiger partial charge in [0.25, 0.3) is 5.91 Å². The molecule has 3 aliphatic rings. The molecule has 2 saturated heterocycles. The second kappa shape index (κ2) is 13.3. The van der Waals surface area contributed by atoms with Crippen molar-refractivity contribution in [3.05, 3.63) is 111 Å². The van der Waals surface area contributed by atoms with E-state index in [1.54, 1.807) is 37.6 Å². The SMILES string of the molecule is CC(C)(C)OC(=O)N[C@@H]1C(=O)N2[C@@H](C(=O)OC(c3ccccc3)c3ccccc3)C(/C=C3\CCN(c4sccc4C(=O)O)C3=O)=CS[C@H]12. The number of carbonyl (C=O) groups is 5. The number of carboxylic acid groups (broad SMARTS) is 1. The summed E-state index contributed by atoms with van der Waals surface area (Å²) in [5.41, 5.74) is 1.46. The molecular weight excluding hydrogens is 655 g/mol. The van der Waals surface area contributed by atoms with Gasteiger partial charge in [-0.3, -0.25) is 14.5 Å². The Morgan fingerprint density at radius 3 is 2.25 bits per heavy atom. The first-order valence-electron chi connectivity index (χ1n) is 15.2. The minimum absolute atomic E-state index is 0.0360. The lowest BCUT2D eigenvalue weighted by molar-refractivity contribution is -0.164. The number of hydrogen-bond acceptors (Lipinski definition) is 9. The lowest BCUT2D eigenvalue weighted by atomic mass is 9.95. The van der Waals surface area contributed by atoms with E-state index < -0.39 is 53.1 Å². The molecule has 4 heterocycles. The van der Waals surface area contributed by atoms with Gasteiger partial charge < -0.3 is 24.8 Å². The van der Waals surface area contributed by atoms with Crippen LogP contribution < -0.4 is 10.2 Å². The molecule has 2 aromatic carbocycles. The molecule has 48 heavy (non-hydrogen) atoms. The van der Waals surface area contributed by atoms with Gasteiger partial charge in [-0.2, -0.15) is 0 Å². The molecule has 3 atom stereocenters. The molecule has 13 heteroatoms. The quantitative estimate of drug-likeness (QED) is 0.178. The van der Waals surface area contributed by atoms with Crippen LogP contribution in [0, 0.1) is 0 Å². The molecule has 1 aromatic heterocycles. The zero-order chi connectivity index (χ0) is 34.2. The Bertz CT molecular complexity index is 1780. The smallest absolute Gasteiger partial charge is 0.408 e. The Balaban J connectivity index is 1.32. The van der Waals surface area contributed by atoms with E-state index in [9.17, 15) is 29.1 Å². The van der Waals surface area contributed by atoms with Crippen molar-refractivity contribution in [2.75, 3.05) is 11.4 Å². The molecule has 3 amide bonds. The van der Waals surface area contributed by atoms with Gasteiger partial charge in [-0.15, -0.1) is 23.1 Å². The third-order valence-corrected chi connectivity index (χ3v) is 10.1. The fourth-order valence-electron chi connectivity index (χ4n) is 5.79. The van der Waals surface area contributed by atoms with E-state index >= 15 is 0 Å². The van der Waals surface area contributed by atoms with Gasteiger partial charge in [0.05, 0.1) is 5.56 Å². The van der Waals surface area contributed by atoms with Gasteiger partial charge in [-0.05, 0) is 66.8 Å². The van der Waals surface area contributed by atoms with Gasteiger partial charge in [0, 0.05) is 12.1 Å². The first kappa shape index (κ1) is 33.0. The van der Waals surface area contributed by atoms with Crippen LogP contribution in [0.4, 0.5) is 9.80 Å². The van der Waals surface area contributed by atoms with Crippen LogP contribution in [-0.2, 0) is 23.9 Å². The number of esters is 1. The minimum atomic E-state index is -1.22. The molecule has 11 nitrogen and oxygen atoms in total.